The lowest BCUT2D eigenvalue weighted by Crippen LogP contribution is -2.31. The summed E-state index contributed by atoms with van der Waals surface area (Å²) >= 11 is 3.49. The molecule has 6 heteroatoms. The Kier molecular flexibility index (Phi) is 4.84. The molecule has 3 aromatic rings. The average molecular weight is 418 g/mol. The number of fused-ring (bicyclic) bond motifs is 3. The number of H-pyrrole nitrogens is 1. The van der Waals surface area contributed by atoms with Crippen LogP contribution in [0.25, 0.3) is 21.7 Å². The summed E-state index contributed by atoms with van der Waals surface area (Å²) in [7, 11) is 0. The monoisotopic (exact) mass is 417 g/mol. The number of aliphatic hydroxyl groups is 1. The van der Waals surface area contributed by atoms with Gasteiger partial charge in [0.05, 0.1) is 17.0 Å². The number of anilines is 1. The van der Waals surface area contributed by atoms with Crippen molar-refractivity contribution in [3.8, 4) is 0 Å². The van der Waals surface area contributed by atoms with Crippen molar-refractivity contribution < 1.29 is 5.11 Å². The van der Waals surface area contributed by atoms with Gasteiger partial charge < -0.3 is 15.4 Å². The Morgan fingerprint density at radius 2 is 1.92 bits per heavy atom. The van der Waals surface area contributed by atoms with Crippen LogP contribution < -0.4 is 10.9 Å². The van der Waals surface area contributed by atoms with Crippen molar-refractivity contribution in [1.29, 1.82) is 0 Å². The fourth-order valence-electron chi connectivity index (χ4n) is 2.86. The molecule has 0 radical (unpaired) electrons. The summed E-state index contributed by atoms with van der Waals surface area (Å²) in [6.07, 6.45) is 0.808. The van der Waals surface area contributed by atoms with Gasteiger partial charge in [-0.15, -0.1) is 0 Å². The van der Waals surface area contributed by atoms with Gasteiger partial charge in [0.1, 0.15) is 5.82 Å². The zero-order valence-corrected chi connectivity index (χ0v) is 17.2. The van der Waals surface area contributed by atoms with Crippen molar-refractivity contribution in [2.24, 2.45) is 5.41 Å². The molecule has 0 fully saturated rings. The number of pyridine rings is 2. The number of benzene rings is 1. The number of aromatic nitrogens is 2. The summed E-state index contributed by atoms with van der Waals surface area (Å²) in [5.74, 6) is 0.718. The molecule has 0 saturated carbocycles. The molecule has 2 unspecified atom stereocenters. The Morgan fingerprint density at radius 1 is 1.23 bits per heavy atom. The molecule has 5 nitrogen and oxygen atoms in total. The highest BCUT2D eigenvalue weighted by molar-refractivity contribution is 9.10. The van der Waals surface area contributed by atoms with Crippen molar-refractivity contribution in [3.63, 3.8) is 0 Å². The van der Waals surface area contributed by atoms with Crippen LogP contribution in [0.15, 0.2) is 33.7 Å². The molecule has 3 rings (SSSR count). The van der Waals surface area contributed by atoms with Crippen molar-refractivity contribution >= 4 is 43.4 Å². The van der Waals surface area contributed by atoms with Crippen LogP contribution >= 0.6 is 15.9 Å². The second kappa shape index (κ2) is 6.67. The minimum absolute atomic E-state index is 0.0413. The van der Waals surface area contributed by atoms with Crippen LogP contribution in [-0.2, 0) is 0 Å². The van der Waals surface area contributed by atoms with Crippen LogP contribution in [0.1, 0.15) is 46.3 Å². The van der Waals surface area contributed by atoms with E-state index >= 15 is 0 Å². The molecule has 3 N–H and O–H groups in total. The third-order valence-electron chi connectivity index (χ3n) is 4.93. The molecule has 0 bridgehead atoms. The van der Waals surface area contributed by atoms with Gasteiger partial charge in [-0.2, -0.15) is 0 Å². The Bertz CT molecular complexity index is 1040. The highest BCUT2D eigenvalue weighted by Gasteiger charge is 2.23. The van der Waals surface area contributed by atoms with Crippen molar-refractivity contribution in [3.05, 3.63) is 44.8 Å². The first-order chi connectivity index (χ1) is 12.1. The molecular formula is C20H24BrN3O2. The van der Waals surface area contributed by atoms with E-state index in [4.69, 9.17) is 4.98 Å². The van der Waals surface area contributed by atoms with Gasteiger partial charge in [0, 0.05) is 33.0 Å². The standard InChI is InChI=1S/C20H24BrN3O2/c1-10(25)15-9-22-19(26)16-14-8-12(21)6-7-13(14)18(24-17(15)16)23-11(2)20(3,4)5/h6-11,25H,1-5H3,(H,22,26)(H,23,24). The zero-order valence-electron chi connectivity index (χ0n) is 15.6. The van der Waals surface area contributed by atoms with E-state index in [1.807, 2.05) is 18.2 Å². The van der Waals surface area contributed by atoms with Crippen LogP contribution in [-0.4, -0.2) is 21.1 Å². The molecule has 2 aromatic heterocycles. The number of aliphatic hydroxyl groups excluding tert-OH is 1. The van der Waals surface area contributed by atoms with E-state index in [2.05, 4.69) is 53.9 Å². The van der Waals surface area contributed by atoms with Gasteiger partial charge >= 0.3 is 0 Å². The average Bonchev–Trinajstić information content (AvgIpc) is 2.53. The lowest BCUT2D eigenvalue weighted by molar-refractivity contribution is 0.200. The van der Waals surface area contributed by atoms with E-state index in [0.29, 0.717) is 16.5 Å². The summed E-state index contributed by atoms with van der Waals surface area (Å²) in [5, 5.41) is 15.8. The molecule has 0 spiro atoms. The predicted octanol–water partition coefficient (Wildman–Crippen LogP) is 4.74. The summed E-state index contributed by atoms with van der Waals surface area (Å²) in [6.45, 7) is 10.3. The summed E-state index contributed by atoms with van der Waals surface area (Å²) in [6, 6.07) is 5.98. The van der Waals surface area contributed by atoms with Crippen molar-refractivity contribution in [1.82, 2.24) is 9.97 Å². The van der Waals surface area contributed by atoms with Gasteiger partial charge in [0.25, 0.3) is 5.56 Å². The molecule has 0 saturated heterocycles. The quantitative estimate of drug-likeness (QED) is 0.537. The molecular weight excluding hydrogens is 394 g/mol. The molecule has 0 aliphatic heterocycles. The van der Waals surface area contributed by atoms with Gasteiger partial charge in [0.15, 0.2) is 0 Å². The smallest absolute Gasteiger partial charge is 0.258 e. The van der Waals surface area contributed by atoms with Crippen LogP contribution in [0.3, 0.4) is 0 Å². The first-order valence-corrected chi connectivity index (χ1v) is 9.48. The number of halogens is 1. The Morgan fingerprint density at radius 3 is 2.54 bits per heavy atom. The Balaban J connectivity index is 2.40. The van der Waals surface area contributed by atoms with E-state index in [9.17, 15) is 9.90 Å². The first-order valence-electron chi connectivity index (χ1n) is 8.68. The summed E-state index contributed by atoms with van der Waals surface area (Å²) < 4.78 is 0.883. The minimum Gasteiger partial charge on any atom is -0.389 e. The maximum Gasteiger partial charge on any atom is 0.258 e. The fourth-order valence-corrected chi connectivity index (χ4v) is 3.22. The van der Waals surface area contributed by atoms with Crippen molar-refractivity contribution in [2.45, 2.75) is 46.8 Å². The molecule has 1 aromatic carbocycles. The molecule has 0 aliphatic carbocycles. The third-order valence-corrected chi connectivity index (χ3v) is 5.42. The summed E-state index contributed by atoms with van der Waals surface area (Å²) in [5.41, 5.74) is 0.959. The number of nitrogens with one attached hydrogen (secondary N) is 2. The van der Waals surface area contributed by atoms with Gasteiger partial charge in [0.2, 0.25) is 0 Å². The second-order valence-electron chi connectivity index (χ2n) is 7.86. The van der Waals surface area contributed by atoms with E-state index in [-0.39, 0.29) is 17.0 Å². The number of aromatic amines is 1. The summed E-state index contributed by atoms with van der Waals surface area (Å²) in [4.78, 5) is 20.0. The SMILES string of the molecule is CC(O)c1c[nH]c(=O)c2c1nc(NC(C)C(C)(C)C)c1ccc(Br)cc12. The minimum atomic E-state index is -0.737. The van der Waals surface area contributed by atoms with Gasteiger partial charge in [-0.1, -0.05) is 36.7 Å². The number of hydrogen-bond acceptors (Lipinski definition) is 4. The lowest BCUT2D eigenvalue weighted by Gasteiger charge is -2.29. The van der Waals surface area contributed by atoms with E-state index in [1.165, 1.54) is 0 Å². The zero-order chi connectivity index (χ0) is 19.2. The van der Waals surface area contributed by atoms with Crippen LogP contribution in [0.5, 0.6) is 0 Å². The van der Waals surface area contributed by atoms with E-state index < -0.39 is 6.10 Å². The second-order valence-corrected chi connectivity index (χ2v) is 8.77. The Labute approximate surface area is 161 Å². The normalized spacial score (nSPS) is 14.6. The van der Waals surface area contributed by atoms with Crippen molar-refractivity contribution in [2.75, 3.05) is 5.32 Å². The molecule has 0 amide bonds. The fraction of sp³-hybridized carbons (Fsp3) is 0.400. The maximum atomic E-state index is 12.6. The predicted molar refractivity (Wildman–Crippen MR) is 111 cm³/mol. The molecule has 2 heterocycles. The molecule has 2 atom stereocenters. The molecule has 26 heavy (non-hydrogen) atoms. The first kappa shape index (κ1) is 18.9. The van der Waals surface area contributed by atoms with E-state index in [0.717, 1.165) is 21.1 Å². The number of hydrogen-bond donors (Lipinski definition) is 3. The number of nitrogens with zero attached hydrogens (tertiary/aromatic N) is 1. The number of rotatable bonds is 3. The molecule has 0 aliphatic rings. The van der Waals surface area contributed by atoms with Crippen LogP contribution in [0.2, 0.25) is 0 Å². The highest BCUT2D eigenvalue weighted by Crippen LogP contribution is 2.34. The van der Waals surface area contributed by atoms with Gasteiger partial charge in [-0.05, 0) is 37.5 Å². The van der Waals surface area contributed by atoms with Gasteiger partial charge in [-0.3, -0.25) is 4.79 Å². The largest absolute Gasteiger partial charge is 0.389 e. The Hall–Kier alpha value is -1.92. The maximum absolute atomic E-state index is 12.6. The lowest BCUT2D eigenvalue weighted by atomic mass is 9.88. The topological polar surface area (TPSA) is 78.0 Å². The highest BCUT2D eigenvalue weighted by atomic mass is 79.9. The third kappa shape index (κ3) is 3.35. The van der Waals surface area contributed by atoms with Crippen LogP contribution in [0.4, 0.5) is 5.82 Å². The van der Waals surface area contributed by atoms with Gasteiger partial charge in [-0.25, -0.2) is 4.98 Å². The molecule has 138 valence electrons. The van der Waals surface area contributed by atoms with E-state index in [1.54, 1.807) is 13.1 Å². The van der Waals surface area contributed by atoms with Crippen LogP contribution in [0, 0.1) is 5.41 Å².